The number of halogens is 1. The molecule has 0 spiro atoms. The standard InChI is InChI=1S/C11H12INO/c1-11(2,3)7-4-5-9-8(6-7)10(12)13-14-9/h4-6H,1-3H3. The number of rotatable bonds is 0. The first-order chi connectivity index (χ1) is 6.48. The van der Waals surface area contributed by atoms with E-state index in [2.05, 4.69) is 60.7 Å². The fourth-order valence-corrected chi connectivity index (χ4v) is 1.90. The first kappa shape index (κ1) is 9.96. The summed E-state index contributed by atoms with van der Waals surface area (Å²) in [6.07, 6.45) is 0. The Bertz CT molecular complexity index is 468. The van der Waals surface area contributed by atoms with Crippen LogP contribution in [0.15, 0.2) is 22.7 Å². The maximum absolute atomic E-state index is 5.16. The van der Waals surface area contributed by atoms with Gasteiger partial charge in [-0.25, -0.2) is 0 Å². The van der Waals surface area contributed by atoms with E-state index in [-0.39, 0.29) is 5.41 Å². The van der Waals surface area contributed by atoms with Crippen molar-refractivity contribution >= 4 is 33.6 Å². The highest BCUT2D eigenvalue weighted by Crippen LogP contribution is 2.28. The molecule has 0 radical (unpaired) electrons. The van der Waals surface area contributed by atoms with Gasteiger partial charge in [0, 0.05) is 0 Å². The Morgan fingerprint density at radius 2 is 2.00 bits per heavy atom. The molecular formula is C11H12INO. The monoisotopic (exact) mass is 301 g/mol. The second-order valence-corrected chi connectivity index (χ2v) is 5.46. The van der Waals surface area contributed by atoms with E-state index in [1.807, 2.05) is 6.07 Å². The van der Waals surface area contributed by atoms with Crippen LogP contribution in [0, 0.1) is 3.70 Å². The van der Waals surface area contributed by atoms with Crippen molar-refractivity contribution in [3.63, 3.8) is 0 Å². The van der Waals surface area contributed by atoms with Gasteiger partial charge in [0.05, 0.1) is 5.39 Å². The number of hydrogen-bond acceptors (Lipinski definition) is 2. The molecule has 0 amide bonds. The molecule has 0 fully saturated rings. The highest BCUT2D eigenvalue weighted by Gasteiger charge is 2.15. The smallest absolute Gasteiger partial charge is 0.168 e. The van der Waals surface area contributed by atoms with Crippen molar-refractivity contribution in [2.75, 3.05) is 0 Å². The van der Waals surface area contributed by atoms with Crippen LogP contribution in [0.25, 0.3) is 11.0 Å². The van der Waals surface area contributed by atoms with Crippen molar-refractivity contribution in [2.24, 2.45) is 0 Å². The molecule has 2 rings (SSSR count). The van der Waals surface area contributed by atoms with E-state index in [4.69, 9.17) is 4.52 Å². The third-order valence-corrected chi connectivity index (χ3v) is 3.07. The summed E-state index contributed by atoms with van der Waals surface area (Å²) in [6, 6.07) is 6.25. The van der Waals surface area contributed by atoms with Crippen LogP contribution in [0.2, 0.25) is 0 Å². The molecule has 0 aliphatic heterocycles. The number of benzene rings is 1. The maximum Gasteiger partial charge on any atom is 0.168 e. The van der Waals surface area contributed by atoms with Gasteiger partial charge in [-0.05, 0) is 45.7 Å². The van der Waals surface area contributed by atoms with Gasteiger partial charge in [0.25, 0.3) is 0 Å². The fourth-order valence-electron chi connectivity index (χ4n) is 1.38. The van der Waals surface area contributed by atoms with Gasteiger partial charge in [0.15, 0.2) is 9.28 Å². The zero-order valence-electron chi connectivity index (χ0n) is 8.47. The molecule has 3 heteroatoms. The molecule has 1 heterocycles. The van der Waals surface area contributed by atoms with Crippen LogP contribution in [-0.4, -0.2) is 5.16 Å². The first-order valence-electron chi connectivity index (χ1n) is 4.54. The average Bonchev–Trinajstić information content (AvgIpc) is 2.46. The molecule has 1 aromatic heterocycles. The van der Waals surface area contributed by atoms with Crippen LogP contribution in [0.4, 0.5) is 0 Å². The number of nitrogens with zero attached hydrogens (tertiary/aromatic N) is 1. The lowest BCUT2D eigenvalue weighted by atomic mass is 9.87. The Balaban J connectivity index is 2.66. The summed E-state index contributed by atoms with van der Waals surface area (Å²) in [7, 11) is 0. The van der Waals surface area contributed by atoms with Crippen molar-refractivity contribution in [1.82, 2.24) is 5.16 Å². The minimum absolute atomic E-state index is 0.175. The predicted molar refractivity (Wildman–Crippen MR) is 65.4 cm³/mol. The molecule has 74 valence electrons. The summed E-state index contributed by atoms with van der Waals surface area (Å²) in [6.45, 7) is 6.61. The van der Waals surface area contributed by atoms with Gasteiger partial charge in [0.2, 0.25) is 0 Å². The summed E-state index contributed by atoms with van der Waals surface area (Å²) >= 11 is 2.19. The van der Waals surface area contributed by atoms with Gasteiger partial charge in [0.1, 0.15) is 0 Å². The average molecular weight is 301 g/mol. The quantitative estimate of drug-likeness (QED) is 0.693. The molecule has 0 saturated carbocycles. The van der Waals surface area contributed by atoms with Crippen molar-refractivity contribution in [2.45, 2.75) is 26.2 Å². The Labute approximate surface area is 96.8 Å². The zero-order chi connectivity index (χ0) is 10.3. The lowest BCUT2D eigenvalue weighted by Crippen LogP contribution is -2.10. The van der Waals surface area contributed by atoms with E-state index < -0.39 is 0 Å². The second-order valence-electron chi connectivity index (χ2n) is 4.43. The molecule has 0 atom stereocenters. The Morgan fingerprint density at radius 1 is 1.29 bits per heavy atom. The molecule has 2 nitrogen and oxygen atoms in total. The SMILES string of the molecule is CC(C)(C)c1ccc2onc(I)c2c1. The third kappa shape index (κ3) is 1.65. The summed E-state index contributed by atoms with van der Waals surface area (Å²) < 4.78 is 6.09. The highest BCUT2D eigenvalue weighted by atomic mass is 127. The van der Waals surface area contributed by atoms with Crippen LogP contribution in [0.5, 0.6) is 0 Å². The molecule has 0 bridgehead atoms. The Kier molecular flexibility index (Phi) is 2.29. The second kappa shape index (κ2) is 3.22. The fraction of sp³-hybridized carbons (Fsp3) is 0.364. The largest absolute Gasteiger partial charge is 0.355 e. The summed E-state index contributed by atoms with van der Waals surface area (Å²) in [5, 5.41) is 5.04. The van der Waals surface area contributed by atoms with Crippen LogP contribution in [0.3, 0.4) is 0 Å². The van der Waals surface area contributed by atoms with Crippen molar-refractivity contribution in [1.29, 1.82) is 0 Å². The van der Waals surface area contributed by atoms with E-state index in [1.165, 1.54) is 5.56 Å². The molecule has 0 aliphatic carbocycles. The van der Waals surface area contributed by atoms with Gasteiger partial charge in [-0.15, -0.1) is 0 Å². The molecule has 2 aromatic rings. The number of hydrogen-bond donors (Lipinski definition) is 0. The lowest BCUT2D eigenvalue weighted by Gasteiger charge is -2.18. The van der Waals surface area contributed by atoms with E-state index in [9.17, 15) is 0 Å². The van der Waals surface area contributed by atoms with Gasteiger partial charge in [-0.3, -0.25) is 0 Å². The lowest BCUT2D eigenvalue weighted by molar-refractivity contribution is 0.450. The number of fused-ring (bicyclic) bond motifs is 1. The maximum atomic E-state index is 5.16. The minimum Gasteiger partial charge on any atom is -0.355 e. The molecular weight excluding hydrogens is 289 g/mol. The zero-order valence-corrected chi connectivity index (χ0v) is 10.6. The molecule has 0 N–H and O–H groups in total. The minimum atomic E-state index is 0.175. The Morgan fingerprint density at radius 3 is 2.64 bits per heavy atom. The topological polar surface area (TPSA) is 26.0 Å². The normalized spacial score (nSPS) is 12.3. The van der Waals surface area contributed by atoms with E-state index in [0.717, 1.165) is 14.7 Å². The summed E-state index contributed by atoms with van der Waals surface area (Å²) in [5.74, 6) is 0. The molecule has 14 heavy (non-hydrogen) atoms. The van der Waals surface area contributed by atoms with Crippen LogP contribution >= 0.6 is 22.6 Å². The van der Waals surface area contributed by atoms with Gasteiger partial charge >= 0.3 is 0 Å². The first-order valence-corrected chi connectivity index (χ1v) is 5.62. The molecule has 0 aliphatic rings. The predicted octanol–water partition coefficient (Wildman–Crippen LogP) is 3.73. The third-order valence-electron chi connectivity index (χ3n) is 2.29. The van der Waals surface area contributed by atoms with Crippen LogP contribution in [-0.2, 0) is 5.41 Å². The summed E-state index contributed by atoms with van der Waals surface area (Å²) in [5.41, 5.74) is 2.35. The van der Waals surface area contributed by atoms with Gasteiger partial charge in [-0.2, -0.15) is 0 Å². The molecule has 0 saturated heterocycles. The van der Waals surface area contributed by atoms with Gasteiger partial charge in [-0.1, -0.05) is 32.0 Å². The summed E-state index contributed by atoms with van der Waals surface area (Å²) in [4.78, 5) is 0. The van der Waals surface area contributed by atoms with Gasteiger partial charge < -0.3 is 4.52 Å². The molecule has 0 unspecified atom stereocenters. The highest BCUT2D eigenvalue weighted by molar-refractivity contribution is 14.1. The number of aromatic nitrogens is 1. The Hall–Kier alpha value is -0.580. The molecule has 1 aromatic carbocycles. The van der Waals surface area contributed by atoms with E-state index >= 15 is 0 Å². The van der Waals surface area contributed by atoms with E-state index in [1.54, 1.807) is 0 Å². The van der Waals surface area contributed by atoms with Crippen molar-refractivity contribution in [3.05, 3.63) is 27.5 Å². The van der Waals surface area contributed by atoms with Crippen LogP contribution < -0.4 is 0 Å². The van der Waals surface area contributed by atoms with Crippen LogP contribution in [0.1, 0.15) is 26.3 Å². The van der Waals surface area contributed by atoms with Crippen molar-refractivity contribution < 1.29 is 4.52 Å². The van der Waals surface area contributed by atoms with E-state index in [0.29, 0.717) is 0 Å². The van der Waals surface area contributed by atoms with Crippen molar-refractivity contribution in [3.8, 4) is 0 Å².